The molecular formula is C15H19N3O. The van der Waals surface area contributed by atoms with Gasteiger partial charge in [0.15, 0.2) is 0 Å². The monoisotopic (exact) mass is 257 g/mol. The summed E-state index contributed by atoms with van der Waals surface area (Å²) in [6.07, 6.45) is 3.68. The minimum atomic E-state index is -0.0480. The summed E-state index contributed by atoms with van der Waals surface area (Å²) in [4.78, 5) is 16.3. The van der Waals surface area contributed by atoms with Crippen molar-refractivity contribution in [2.75, 3.05) is 0 Å². The zero-order valence-electron chi connectivity index (χ0n) is 11.6. The summed E-state index contributed by atoms with van der Waals surface area (Å²) in [6.45, 7) is 6.58. The fraction of sp³-hybridized carbons (Fsp3) is 0.333. The Balaban J connectivity index is 2.03. The fourth-order valence-corrected chi connectivity index (χ4v) is 2.02. The molecule has 0 saturated heterocycles. The van der Waals surface area contributed by atoms with Gasteiger partial charge in [-0.2, -0.15) is 0 Å². The van der Waals surface area contributed by atoms with Crippen molar-refractivity contribution in [2.45, 2.75) is 33.4 Å². The van der Waals surface area contributed by atoms with Crippen molar-refractivity contribution in [1.29, 1.82) is 0 Å². The smallest absolute Gasteiger partial charge is 0.268 e. The Morgan fingerprint density at radius 1 is 1.42 bits per heavy atom. The topological polar surface area (TPSA) is 46.9 Å². The summed E-state index contributed by atoms with van der Waals surface area (Å²) in [6, 6.07) is 7.90. The summed E-state index contributed by atoms with van der Waals surface area (Å²) in [7, 11) is 0. The Labute approximate surface area is 113 Å². The van der Waals surface area contributed by atoms with Crippen molar-refractivity contribution < 1.29 is 4.79 Å². The average molecular weight is 257 g/mol. The van der Waals surface area contributed by atoms with E-state index in [0.717, 1.165) is 11.3 Å². The van der Waals surface area contributed by atoms with Crippen LogP contribution in [0, 0.1) is 6.92 Å². The highest BCUT2D eigenvalue weighted by molar-refractivity contribution is 5.92. The summed E-state index contributed by atoms with van der Waals surface area (Å²) in [5.41, 5.74) is 2.71. The van der Waals surface area contributed by atoms with Crippen LogP contribution in [0.1, 0.15) is 41.6 Å². The first-order valence-corrected chi connectivity index (χ1v) is 6.44. The van der Waals surface area contributed by atoms with Crippen molar-refractivity contribution in [3.8, 4) is 0 Å². The maximum Gasteiger partial charge on any atom is 0.268 e. The highest BCUT2D eigenvalue weighted by Crippen LogP contribution is 2.11. The van der Waals surface area contributed by atoms with Gasteiger partial charge in [-0.1, -0.05) is 0 Å². The number of nitrogens with zero attached hydrogens (tertiary/aromatic N) is 2. The van der Waals surface area contributed by atoms with E-state index >= 15 is 0 Å². The van der Waals surface area contributed by atoms with Gasteiger partial charge in [-0.05, 0) is 50.6 Å². The van der Waals surface area contributed by atoms with Crippen LogP contribution in [0.15, 0.2) is 36.7 Å². The molecule has 0 saturated carbocycles. The predicted octanol–water partition coefficient (Wildman–Crippen LogP) is 2.70. The standard InChI is InChI=1S/C15H19N3O/c1-11(2)18-8-4-5-14(18)15(19)17-10-13-6-7-16-12(3)9-13/h4-9,11H,10H2,1-3H3,(H,17,19). The molecule has 19 heavy (non-hydrogen) atoms. The fourth-order valence-electron chi connectivity index (χ4n) is 2.02. The molecule has 0 radical (unpaired) electrons. The van der Waals surface area contributed by atoms with Crippen molar-refractivity contribution in [2.24, 2.45) is 0 Å². The molecule has 100 valence electrons. The van der Waals surface area contributed by atoms with Gasteiger partial charge in [0, 0.05) is 30.7 Å². The number of hydrogen-bond acceptors (Lipinski definition) is 2. The Morgan fingerprint density at radius 2 is 2.21 bits per heavy atom. The van der Waals surface area contributed by atoms with Gasteiger partial charge in [0.05, 0.1) is 0 Å². The van der Waals surface area contributed by atoms with Crippen LogP contribution in [0.5, 0.6) is 0 Å². The van der Waals surface area contributed by atoms with Gasteiger partial charge in [-0.3, -0.25) is 9.78 Å². The number of amides is 1. The quantitative estimate of drug-likeness (QED) is 0.915. The van der Waals surface area contributed by atoms with E-state index in [1.54, 1.807) is 6.20 Å². The summed E-state index contributed by atoms with van der Waals surface area (Å²) < 4.78 is 1.97. The second-order valence-corrected chi connectivity index (χ2v) is 4.88. The molecule has 0 unspecified atom stereocenters. The number of carbonyl (C=O) groups is 1. The van der Waals surface area contributed by atoms with E-state index in [4.69, 9.17) is 0 Å². The molecule has 1 amide bonds. The molecule has 0 aliphatic heterocycles. The van der Waals surface area contributed by atoms with Crippen LogP contribution in [0.25, 0.3) is 0 Å². The normalized spacial score (nSPS) is 10.7. The van der Waals surface area contributed by atoms with Crippen LogP contribution < -0.4 is 5.32 Å². The molecule has 2 aromatic heterocycles. The average Bonchev–Trinajstić information content (AvgIpc) is 2.85. The van der Waals surface area contributed by atoms with Crippen molar-refractivity contribution >= 4 is 5.91 Å². The molecule has 2 heterocycles. The van der Waals surface area contributed by atoms with Crippen molar-refractivity contribution in [3.05, 3.63) is 53.6 Å². The molecular weight excluding hydrogens is 238 g/mol. The third kappa shape index (κ3) is 3.22. The lowest BCUT2D eigenvalue weighted by Gasteiger charge is -2.13. The number of rotatable bonds is 4. The Hall–Kier alpha value is -2.10. The Bertz CT molecular complexity index is 572. The van der Waals surface area contributed by atoms with Gasteiger partial charge < -0.3 is 9.88 Å². The van der Waals surface area contributed by atoms with Gasteiger partial charge in [0.2, 0.25) is 0 Å². The number of aryl methyl sites for hydroxylation is 1. The first-order valence-electron chi connectivity index (χ1n) is 6.44. The van der Waals surface area contributed by atoms with Crippen LogP contribution in [0.4, 0.5) is 0 Å². The lowest BCUT2D eigenvalue weighted by atomic mass is 10.2. The van der Waals surface area contributed by atoms with E-state index < -0.39 is 0 Å². The first-order chi connectivity index (χ1) is 9.08. The molecule has 4 heteroatoms. The van der Waals surface area contributed by atoms with E-state index in [1.165, 1.54) is 0 Å². The SMILES string of the molecule is Cc1cc(CNC(=O)c2cccn2C(C)C)ccn1. The number of nitrogens with one attached hydrogen (secondary N) is 1. The molecule has 2 rings (SSSR count). The van der Waals surface area contributed by atoms with Crippen molar-refractivity contribution in [1.82, 2.24) is 14.9 Å². The van der Waals surface area contributed by atoms with Gasteiger partial charge in [-0.25, -0.2) is 0 Å². The summed E-state index contributed by atoms with van der Waals surface area (Å²) in [5, 5.41) is 2.94. The van der Waals surface area contributed by atoms with Crippen LogP contribution in [-0.2, 0) is 6.54 Å². The van der Waals surface area contributed by atoms with Crippen LogP contribution >= 0.6 is 0 Å². The molecule has 0 bridgehead atoms. The van der Waals surface area contributed by atoms with E-state index in [-0.39, 0.29) is 11.9 Å². The number of aromatic nitrogens is 2. The molecule has 1 N–H and O–H groups in total. The first kappa shape index (κ1) is 13.3. The Kier molecular flexibility index (Phi) is 4.00. The second-order valence-electron chi connectivity index (χ2n) is 4.88. The van der Waals surface area contributed by atoms with Crippen LogP contribution in [0.2, 0.25) is 0 Å². The molecule has 0 aromatic carbocycles. The van der Waals surface area contributed by atoms with Crippen LogP contribution in [-0.4, -0.2) is 15.5 Å². The lowest BCUT2D eigenvalue weighted by molar-refractivity contribution is 0.0940. The number of carbonyl (C=O) groups excluding carboxylic acids is 1. The van der Waals surface area contributed by atoms with Gasteiger partial charge >= 0.3 is 0 Å². The molecule has 0 atom stereocenters. The summed E-state index contributed by atoms with van der Waals surface area (Å²) >= 11 is 0. The second kappa shape index (κ2) is 5.69. The zero-order chi connectivity index (χ0) is 13.8. The third-order valence-corrected chi connectivity index (χ3v) is 2.98. The number of hydrogen-bond donors (Lipinski definition) is 1. The molecule has 2 aromatic rings. The van der Waals surface area contributed by atoms with Crippen molar-refractivity contribution in [3.63, 3.8) is 0 Å². The maximum atomic E-state index is 12.1. The minimum Gasteiger partial charge on any atom is -0.347 e. The lowest BCUT2D eigenvalue weighted by Crippen LogP contribution is -2.25. The third-order valence-electron chi connectivity index (χ3n) is 2.98. The summed E-state index contributed by atoms with van der Waals surface area (Å²) in [5.74, 6) is -0.0480. The minimum absolute atomic E-state index is 0.0480. The van der Waals surface area contributed by atoms with Crippen LogP contribution in [0.3, 0.4) is 0 Å². The molecule has 0 aliphatic carbocycles. The molecule has 0 spiro atoms. The zero-order valence-corrected chi connectivity index (χ0v) is 11.6. The van der Waals surface area contributed by atoms with E-state index in [1.807, 2.05) is 42.0 Å². The van der Waals surface area contributed by atoms with Gasteiger partial charge in [-0.15, -0.1) is 0 Å². The highest BCUT2D eigenvalue weighted by atomic mass is 16.1. The molecule has 4 nitrogen and oxygen atoms in total. The maximum absolute atomic E-state index is 12.1. The highest BCUT2D eigenvalue weighted by Gasteiger charge is 2.12. The number of pyridine rings is 1. The Morgan fingerprint density at radius 3 is 2.89 bits per heavy atom. The van der Waals surface area contributed by atoms with Gasteiger partial charge in [0.1, 0.15) is 5.69 Å². The van der Waals surface area contributed by atoms with E-state index in [9.17, 15) is 4.79 Å². The molecule has 0 aliphatic rings. The largest absolute Gasteiger partial charge is 0.347 e. The van der Waals surface area contributed by atoms with E-state index in [0.29, 0.717) is 12.2 Å². The molecule has 0 fully saturated rings. The van der Waals surface area contributed by atoms with E-state index in [2.05, 4.69) is 24.1 Å². The predicted molar refractivity (Wildman–Crippen MR) is 75.0 cm³/mol. The van der Waals surface area contributed by atoms with Gasteiger partial charge in [0.25, 0.3) is 5.91 Å².